The maximum Gasteiger partial charge on any atom is 2.00 e. The van der Waals surface area contributed by atoms with Crippen LogP contribution in [-0.4, -0.2) is 49.7 Å². The molecule has 0 aromatic heterocycles. The van der Waals surface area contributed by atoms with E-state index in [9.17, 15) is 19.8 Å². The number of carboxylic acid groups (broad SMARTS) is 2. The molecule has 1 aromatic carbocycles. The third kappa shape index (κ3) is 3.81. The average Bonchev–Trinajstić information content (AvgIpc) is 2.07. The first kappa shape index (κ1) is 14.4. The van der Waals surface area contributed by atoms with Gasteiger partial charge in [-0.25, -0.2) is 0 Å². The SMILES string of the molecule is Cc1ccc(C(C(=O)[O-])C(=O)[O-])cc1.[Ca+2]. The normalized spacial score (nSPS) is 9.47. The van der Waals surface area contributed by atoms with Crippen LogP contribution in [0.25, 0.3) is 0 Å². The molecule has 0 saturated heterocycles. The van der Waals surface area contributed by atoms with Gasteiger partial charge in [-0.15, -0.1) is 0 Å². The van der Waals surface area contributed by atoms with Crippen molar-refractivity contribution >= 4 is 49.7 Å². The fourth-order valence-electron chi connectivity index (χ4n) is 1.13. The largest absolute Gasteiger partial charge is 2.00 e. The maximum atomic E-state index is 10.5. The molecular weight excluding hydrogens is 224 g/mol. The number of aryl methyl sites for hydroxylation is 1. The molecule has 74 valence electrons. The Bertz CT molecular complexity index is 344. The number of aliphatic carboxylic acids is 2. The fraction of sp³-hybridized carbons (Fsp3) is 0.200. The number of hydrogen-bond donors (Lipinski definition) is 0. The molecule has 0 bridgehead atoms. The van der Waals surface area contributed by atoms with Gasteiger partial charge in [0.2, 0.25) is 0 Å². The van der Waals surface area contributed by atoms with E-state index >= 15 is 0 Å². The van der Waals surface area contributed by atoms with E-state index in [4.69, 9.17) is 0 Å². The monoisotopic (exact) mass is 232 g/mol. The van der Waals surface area contributed by atoms with Crippen LogP contribution in [0.1, 0.15) is 17.0 Å². The van der Waals surface area contributed by atoms with Crippen molar-refractivity contribution in [3.8, 4) is 0 Å². The Morgan fingerprint density at radius 1 is 1.07 bits per heavy atom. The summed E-state index contributed by atoms with van der Waals surface area (Å²) in [6.45, 7) is 1.82. The van der Waals surface area contributed by atoms with Crippen molar-refractivity contribution in [1.82, 2.24) is 0 Å². The maximum absolute atomic E-state index is 10.5. The van der Waals surface area contributed by atoms with Crippen LogP contribution < -0.4 is 10.2 Å². The molecule has 0 N–H and O–H groups in total. The molecule has 1 aromatic rings. The predicted octanol–water partition coefficient (Wildman–Crippen LogP) is -1.80. The Labute approximate surface area is 117 Å². The molecule has 0 spiro atoms. The Kier molecular flexibility index (Phi) is 5.87. The van der Waals surface area contributed by atoms with Crippen molar-refractivity contribution in [2.75, 3.05) is 0 Å². The molecule has 5 heteroatoms. The third-order valence-corrected chi connectivity index (χ3v) is 1.88. The van der Waals surface area contributed by atoms with E-state index in [1.54, 1.807) is 12.1 Å². The minimum absolute atomic E-state index is 0. The Balaban J connectivity index is 0.00000196. The zero-order chi connectivity index (χ0) is 10.7. The van der Waals surface area contributed by atoms with Crippen LogP contribution in [0.4, 0.5) is 0 Å². The van der Waals surface area contributed by atoms with Gasteiger partial charge in [-0.3, -0.25) is 0 Å². The average molecular weight is 232 g/mol. The molecule has 0 unspecified atom stereocenters. The number of carbonyl (C=O) groups excluding carboxylic acids is 2. The van der Waals surface area contributed by atoms with E-state index in [2.05, 4.69) is 0 Å². The summed E-state index contributed by atoms with van der Waals surface area (Å²) in [7, 11) is 0. The van der Waals surface area contributed by atoms with Gasteiger partial charge in [0, 0.05) is 0 Å². The van der Waals surface area contributed by atoms with Gasteiger partial charge in [-0.1, -0.05) is 29.8 Å². The first-order valence-corrected chi connectivity index (χ1v) is 4.00. The van der Waals surface area contributed by atoms with Crippen LogP contribution in [0.15, 0.2) is 24.3 Å². The minimum atomic E-state index is -1.70. The standard InChI is InChI=1S/C10H10O4.Ca/c1-6-2-4-7(5-3-6)8(9(11)12)10(13)14;/h2-5,8H,1H3,(H,11,12)(H,13,14);/q;+2/p-2. The zero-order valence-corrected chi connectivity index (χ0v) is 10.4. The van der Waals surface area contributed by atoms with E-state index < -0.39 is 17.9 Å². The van der Waals surface area contributed by atoms with E-state index in [-0.39, 0.29) is 43.3 Å². The van der Waals surface area contributed by atoms with Gasteiger partial charge in [-0.2, -0.15) is 0 Å². The first-order valence-electron chi connectivity index (χ1n) is 4.00. The second-order valence-electron chi connectivity index (χ2n) is 2.98. The Morgan fingerprint density at radius 3 is 1.80 bits per heavy atom. The number of benzene rings is 1. The molecule has 0 atom stereocenters. The summed E-state index contributed by atoms with van der Waals surface area (Å²) in [5, 5.41) is 21.0. The van der Waals surface area contributed by atoms with E-state index in [1.165, 1.54) is 12.1 Å². The summed E-state index contributed by atoms with van der Waals surface area (Å²) in [5.74, 6) is -5.02. The van der Waals surface area contributed by atoms with E-state index in [1.807, 2.05) is 6.92 Å². The van der Waals surface area contributed by atoms with Gasteiger partial charge in [0.1, 0.15) is 0 Å². The van der Waals surface area contributed by atoms with Gasteiger partial charge < -0.3 is 19.8 Å². The molecular formula is C10H8CaO4. The van der Waals surface area contributed by atoms with Crippen LogP contribution in [0.3, 0.4) is 0 Å². The summed E-state index contributed by atoms with van der Waals surface area (Å²) >= 11 is 0. The molecule has 0 aliphatic carbocycles. The zero-order valence-electron chi connectivity index (χ0n) is 8.23. The fourth-order valence-corrected chi connectivity index (χ4v) is 1.13. The van der Waals surface area contributed by atoms with Gasteiger partial charge in [0.25, 0.3) is 0 Å². The van der Waals surface area contributed by atoms with Gasteiger partial charge >= 0.3 is 37.7 Å². The molecule has 4 nitrogen and oxygen atoms in total. The van der Waals surface area contributed by atoms with Crippen LogP contribution in [0.5, 0.6) is 0 Å². The third-order valence-electron chi connectivity index (χ3n) is 1.88. The molecule has 0 aliphatic heterocycles. The summed E-state index contributed by atoms with van der Waals surface area (Å²) < 4.78 is 0. The van der Waals surface area contributed by atoms with Crippen LogP contribution in [0.2, 0.25) is 0 Å². The summed E-state index contributed by atoms with van der Waals surface area (Å²) in [6, 6.07) is 6.14. The second kappa shape index (κ2) is 6.10. The van der Waals surface area contributed by atoms with Crippen molar-refractivity contribution < 1.29 is 19.8 Å². The van der Waals surface area contributed by atoms with Crippen LogP contribution in [0, 0.1) is 6.92 Å². The molecule has 0 aliphatic rings. The number of rotatable bonds is 3. The van der Waals surface area contributed by atoms with Crippen molar-refractivity contribution in [3.63, 3.8) is 0 Å². The summed E-state index contributed by atoms with van der Waals surface area (Å²) in [4.78, 5) is 21.0. The van der Waals surface area contributed by atoms with Crippen LogP contribution >= 0.6 is 0 Å². The molecule has 0 radical (unpaired) electrons. The molecule has 0 amide bonds. The smallest absolute Gasteiger partial charge is 0.549 e. The summed E-state index contributed by atoms with van der Waals surface area (Å²) in [6.07, 6.45) is 0. The molecule has 1 rings (SSSR count). The van der Waals surface area contributed by atoms with Gasteiger partial charge in [-0.05, 0) is 12.5 Å². The number of carbonyl (C=O) groups is 2. The van der Waals surface area contributed by atoms with Crippen molar-refractivity contribution in [2.24, 2.45) is 0 Å². The van der Waals surface area contributed by atoms with Crippen molar-refractivity contribution in [1.29, 1.82) is 0 Å². The quantitative estimate of drug-likeness (QED) is 0.455. The van der Waals surface area contributed by atoms with Gasteiger partial charge in [0.15, 0.2) is 0 Å². The van der Waals surface area contributed by atoms with Gasteiger partial charge in [0.05, 0.1) is 17.9 Å². The predicted molar refractivity (Wildman–Crippen MR) is 49.7 cm³/mol. The molecule has 0 fully saturated rings. The Morgan fingerprint density at radius 2 is 1.47 bits per heavy atom. The van der Waals surface area contributed by atoms with Crippen molar-refractivity contribution in [3.05, 3.63) is 35.4 Å². The second-order valence-corrected chi connectivity index (χ2v) is 2.98. The first-order chi connectivity index (χ1) is 6.52. The molecule has 0 saturated carbocycles. The number of carboxylic acids is 2. The Hall–Kier alpha value is -0.580. The minimum Gasteiger partial charge on any atom is -0.549 e. The van der Waals surface area contributed by atoms with E-state index in [0.29, 0.717) is 0 Å². The van der Waals surface area contributed by atoms with Crippen LogP contribution in [-0.2, 0) is 9.59 Å². The van der Waals surface area contributed by atoms with Crippen molar-refractivity contribution in [2.45, 2.75) is 12.8 Å². The van der Waals surface area contributed by atoms with E-state index in [0.717, 1.165) is 5.56 Å². The molecule has 15 heavy (non-hydrogen) atoms. The molecule has 0 heterocycles. The number of hydrogen-bond acceptors (Lipinski definition) is 4. The topological polar surface area (TPSA) is 80.3 Å². The summed E-state index contributed by atoms with van der Waals surface area (Å²) in [5.41, 5.74) is 1.08.